The van der Waals surface area contributed by atoms with Crippen molar-refractivity contribution in [2.45, 2.75) is 316 Å². The van der Waals surface area contributed by atoms with Gasteiger partial charge in [0.25, 0.3) is 0 Å². The number of hydrogen-bond donors (Lipinski definition) is 0. The fourth-order valence-electron chi connectivity index (χ4n) is 8.78. The van der Waals surface area contributed by atoms with Gasteiger partial charge in [0.05, 0.1) is 0 Å². The zero-order valence-corrected chi connectivity index (χ0v) is 46.5. The lowest BCUT2D eigenvalue weighted by Gasteiger charge is -2.18. The van der Waals surface area contributed by atoms with Crippen molar-refractivity contribution in [1.82, 2.24) is 0 Å². The molecular formula is C64H114O6. The van der Waals surface area contributed by atoms with Crippen LogP contribution in [0.5, 0.6) is 0 Å². The molecule has 0 spiro atoms. The molecule has 0 fully saturated rings. The average molecular weight is 980 g/mol. The molecule has 0 bridgehead atoms. The molecule has 0 rings (SSSR count). The normalized spacial score (nSPS) is 12.4. The minimum absolute atomic E-state index is 0.0925. The maximum atomic E-state index is 12.9. The first kappa shape index (κ1) is 67.1. The van der Waals surface area contributed by atoms with Gasteiger partial charge in [0.15, 0.2) is 6.10 Å². The van der Waals surface area contributed by atoms with Crippen LogP contribution in [0.2, 0.25) is 0 Å². The van der Waals surface area contributed by atoms with E-state index in [1.165, 1.54) is 186 Å². The number of ether oxygens (including phenoxy) is 3. The number of carbonyl (C=O) groups is 3. The van der Waals surface area contributed by atoms with E-state index in [0.717, 1.165) is 77.0 Å². The van der Waals surface area contributed by atoms with E-state index in [1.807, 2.05) is 0 Å². The zero-order chi connectivity index (χ0) is 50.7. The van der Waals surface area contributed by atoms with Crippen LogP contribution in [-0.4, -0.2) is 37.2 Å². The predicted molar refractivity (Wildman–Crippen MR) is 302 cm³/mol. The lowest BCUT2D eigenvalue weighted by Crippen LogP contribution is -2.30. The summed E-state index contributed by atoms with van der Waals surface area (Å²) in [5.41, 5.74) is 0. The molecule has 406 valence electrons. The molecule has 0 unspecified atom stereocenters. The van der Waals surface area contributed by atoms with E-state index in [9.17, 15) is 14.4 Å². The quantitative estimate of drug-likeness (QED) is 0.0261. The van der Waals surface area contributed by atoms with Crippen molar-refractivity contribution >= 4 is 17.9 Å². The van der Waals surface area contributed by atoms with Gasteiger partial charge in [-0.05, 0) is 57.8 Å². The number of carbonyl (C=O) groups excluding carboxylic acids is 3. The summed E-state index contributed by atoms with van der Waals surface area (Å²) in [6, 6.07) is 0. The molecule has 0 radical (unpaired) electrons. The molecule has 0 amide bonds. The molecule has 0 heterocycles. The first-order chi connectivity index (χ1) is 34.5. The molecule has 0 aliphatic rings. The summed E-state index contributed by atoms with van der Waals surface area (Å²) < 4.78 is 16.9. The molecule has 0 aliphatic heterocycles. The van der Waals surface area contributed by atoms with Crippen molar-refractivity contribution in [3.8, 4) is 0 Å². The van der Waals surface area contributed by atoms with Gasteiger partial charge in [-0.15, -0.1) is 0 Å². The van der Waals surface area contributed by atoms with Crippen LogP contribution in [0.1, 0.15) is 310 Å². The minimum atomic E-state index is -0.801. The summed E-state index contributed by atoms with van der Waals surface area (Å²) in [6.45, 7) is 6.53. The van der Waals surface area contributed by atoms with E-state index >= 15 is 0 Å². The second-order valence-corrected chi connectivity index (χ2v) is 20.2. The van der Waals surface area contributed by atoms with Gasteiger partial charge >= 0.3 is 17.9 Å². The number of rotatable bonds is 55. The van der Waals surface area contributed by atoms with E-state index < -0.39 is 6.10 Å². The average Bonchev–Trinajstić information content (AvgIpc) is 3.36. The summed E-state index contributed by atoms with van der Waals surface area (Å²) in [5.74, 6) is -0.933. The topological polar surface area (TPSA) is 78.9 Å². The predicted octanol–water partition coefficient (Wildman–Crippen LogP) is 20.4. The molecule has 0 N–H and O–H groups in total. The molecule has 6 heteroatoms. The summed E-state index contributed by atoms with van der Waals surface area (Å²) in [4.78, 5) is 38.2. The Morgan fingerprint density at radius 2 is 0.557 bits per heavy atom. The van der Waals surface area contributed by atoms with Crippen molar-refractivity contribution in [3.63, 3.8) is 0 Å². The van der Waals surface area contributed by atoms with E-state index in [0.29, 0.717) is 19.3 Å². The largest absolute Gasteiger partial charge is 0.462 e. The summed E-state index contributed by atoms with van der Waals surface area (Å²) in [7, 11) is 0. The molecule has 0 aliphatic carbocycles. The Morgan fingerprint density at radius 3 is 0.857 bits per heavy atom. The highest BCUT2D eigenvalue weighted by Gasteiger charge is 2.19. The number of allylic oxidation sites excluding steroid dienone is 10. The highest BCUT2D eigenvalue weighted by Crippen LogP contribution is 2.17. The zero-order valence-electron chi connectivity index (χ0n) is 46.5. The van der Waals surface area contributed by atoms with Crippen molar-refractivity contribution in [1.29, 1.82) is 0 Å². The standard InChI is InChI=1S/C64H114O6/c1-4-7-10-13-16-19-22-25-28-31-34-36-39-42-45-48-51-54-57-63(66)69-60-61(70-64(67)58-55-52-49-46-43-40-37-33-30-27-24-21-18-15-12-9-6-3)59-68-62(65)56-53-50-47-44-41-38-35-32-29-26-23-20-17-14-11-8-5-2/h9,12,18,21,27,30,37,40,46,49,61H,4-8,10-11,13-17,19-20,22-26,28-29,31-36,38-39,41-45,47-48,50-60H2,1-3H3/b12-9-,21-18-,30-27-,40-37-,49-46-/t61-/m1/s1. The summed E-state index contributed by atoms with van der Waals surface area (Å²) >= 11 is 0. The van der Waals surface area contributed by atoms with Crippen molar-refractivity contribution < 1.29 is 28.6 Å². The van der Waals surface area contributed by atoms with E-state index in [1.54, 1.807) is 0 Å². The molecular weight excluding hydrogens is 865 g/mol. The SMILES string of the molecule is CC/C=C\C/C=C\C/C=C\C/C=C\C/C=C\CCCC(=O)O[C@H](COC(=O)CCCCCCCCCCCCCCCCCCC)COC(=O)CCCCCCCCCCCCCCCCCCCC. The van der Waals surface area contributed by atoms with Gasteiger partial charge in [-0.2, -0.15) is 0 Å². The maximum absolute atomic E-state index is 12.9. The lowest BCUT2D eigenvalue weighted by molar-refractivity contribution is -0.167. The molecule has 0 aromatic rings. The Labute approximate surface area is 434 Å². The van der Waals surface area contributed by atoms with Gasteiger partial charge < -0.3 is 14.2 Å². The smallest absolute Gasteiger partial charge is 0.306 e. The first-order valence-electron chi connectivity index (χ1n) is 30.3. The van der Waals surface area contributed by atoms with Crippen LogP contribution in [0.4, 0.5) is 0 Å². The van der Waals surface area contributed by atoms with E-state index in [2.05, 4.69) is 81.5 Å². The molecule has 0 aromatic heterocycles. The molecule has 70 heavy (non-hydrogen) atoms. The van der Waals surface area contributed by atoms with Crippen molar-refractivity contribution in [3.05, 3.63) is 60.8 Å². The van der Waals surface area contributed by atoms with Crippen LogP contribution in [-0.2, 0) is 28.6 Å². The first-order valence-corrected chi connectivity index (χ1v) is 30.3. The highest BCUT2D eigenvalue weighted by atomic mass is 16.6. The van der Waals surface area contributed by atoms with Gasteiger partial charge in [-0.3, -0.25) is 14.4 Å². The van der Waals surface area contributed by atoms with Gasteiger partial charge in [0.1, 0.15) is 13.2 Å². The monoisotopic (exact) mass is 979 g/mol. The van der Waals surface area contributed by atoms with Gasteiger partial charge in [0.2, 0.25) is 0 Å². The third-order valence-electron chi connectivity index (χ3n) is 13.3. The van der Waals surface area contributed by atoms with Crippen LogP contribution in [0.15, 0.2) is 60.8 Å². The van der Waals surface area contributed by atoms with Gasteiger partial charge in [-0.25, -0.2) is 0 Å². The molecule has 0 aromatic carbocycles. The van der Waals surface area contributed by atoms with Crippen molar-refractivity contribution in [2.24, 2.45) is 0 Å². The third kappa shape index (κ3) is 56.0. The van der Waals surface area contributed by atoms with E-state index in [4.69, 9.17) is 14.2 Å². The number of hydrogen-bond acceptors (Lipinski definition) is 6. The number of unbranched alkanes of at least 4 members (excludes halogenated alkanes) is 34. The maximum Gasteiger partial charge on any atom is 0.306 e. The Balaban J connectivity index is 4.41. The van der Waals surface area contributed by atoms with Crippen LogP contribution in [0.3, 0.4) is 0 Å². The number of esters is 3. The van der Waals surface area contributed by atoms with Crippen LogP contribution in [0.25, 0.3) is 0 Å². The van der Waals surface area contributed by atoms with Crippen LogP contribution in [0, 0.1) is 0 Å². The Kier molecular flexibility index (Phi) is 56.3. The third-order valence-corrected chi connectivity index (χ3v) is 13.3. The second-order valence-electron chi connectivity index (χ2n) is 20.2. The highest BCUT2D eigenvalue weighted by molar-refractivity contribution is 5.71. The van der Waals surface area contributed by atoms with E-state index in [-0.39, 0.29) is 37.5 Å². The van der Waals surface area contributed by atoms with Crippen molar-refractivity contribution in [2.75, 3.05) is 13.2 Å². The van der Waals surface area contributed by atoms with Gasteiger partial charge in [0, 0.05) is 19.3 Å². The fourth-order valence-corrected chi connectivity index (χ4v) is 8.78. The lowest BCUT2D eigenvalue weighted by atomic mass is 10.0. The van der Waals surface area contributed by atoms with Crippen LogP contribution >= 0.6 is 0 Å². The Morgan fingerprint density at radius 1 is 0.300 bits per heavy atom. The summed E-state index contributed by atoms with van der Waals surface area (Å²) in [5, 5.41) is 0. The summed E-state index contributed by atoms with van der Waals surface area (Å²) in [6.07, 6.45) is 73.7. The molecule has 0 saturated heterocycles. The molecule has 6 nitrogen and oxygen atoms in total. The molecule has 1 atom stereocenters. The van der Waals surface area contributed by atoms with Gasteiger partial charge in [-0.1, -0.05) is 293 Å². The second kappa shape index (κ2) is 58.7. The van der Waals surface area contributed by atoms with Crippen LogP contribution < -0.4 is 0 Å². The Bertz CT molecular complexity index is 1260. The molecule has 0 saturated carbocycles. The minimum Gasteiger partial charge on any atom is -0.462 e. The Hall–Kier alpha value is -2.89. The fraction of sp³-hybridized carbons (Fsp3) is 0.797.